The Morgan fingerprint density at radius 2 is 2.31 bits per heavy atom. The van der Waals surface area contributed by atoms with Crippen molar-refractivity contribution in [2.45, 2.75) is 46.0 Å². The van der Waals surface area contributed by atoms with E-state index in [9.17, 15) is 0 Å². The molecule has 0 spiro atoms. The van der Waals surface area contributed by atoms with Crippen LogP contribution in [0.2, 0.25) is 0 Å². The van der Waals surface area contributed by atoms with Gasteiger partial charge in [0, 0.05) is 24.5 Å². The Morgan fingerprint density at radius 3 is 3.00 bits per heavy atom. The highest BCUT2D eigenvalue weighted by molar-refractivity contribution is 7.09. The number of hydrogen-bond acceptors (Lipinski definition) is 4. The molecule has 1 aliphatic rings. The number of rotatable bonds is 4. The largest absolute Gasteiger partial charge is 0.360 e. The van der Waals surface area contributed by atoms with Crippen molar-refractivity contribution in [3.63, 3.8) is 0 Å². The first-order chi connectivity index (χ1) is 7.78. The van der Waals surface area contributed by atoms with Crippen molar-refractivity contribution in [2.75, 3.05) is 11.9 Å². The van der Waals surface area contributed by atoms with E-state index >= 15 is 0 Å². The van der Waals surface area contributed by atoms with Crippen LogP contribution in [0.3, 0.4) is 0 Å². The van der Waals surface area contributed by atoms with E-state index in [-0.39, 0.29) is 0 Å². The van der Waals surface area contributed by atoms with Crippen LogP contribution in [0.25, 0.3) is 0 Å². The summed E-state index contributed by atoms with van der Waals surface area (Å²) < 4.78 is 4.28. The van der Waals surface area contributed by atoms with Gasteiger partial charge in [-0.1, -0.05) is 26.7 Å². The molecule has 0 aromatic carbocycles. The predicted molar refractivity (Wildman–Crippen MR) is 68.9 cm³/mol. The molecule has 3 nitrogen and oxygen atoms in total. The van der Waals surface area contributed by atoms with E-state index in [0.29, 0.717) is 0 Å². The van der Waals surface area contributed by atoms with Crippen LogP contribution in [0.1, 0.15) is 45.4 Å². The highest BCUT2D eigenvalue weighted by atomic mass is 32.1. The quantitative estimate of drug-likeness (QED) is 0.875. The maximum atomic E-state index is 4.43. The van der Waals surface area contributed by atoms with Crippen molar-refractivity contribution in [1.82, 2.24) is 9.36 Å². The predicted octanol–water partition coefficient (Wildman–Crippen LogP) is 3.34. The molecule has 1 aliphatic carbocycles. The summed E-state index contributed by atoms with van der Waals surface area (Å²) in [4.78, 5) is 4.43. The van der Waals surface area contributed by atoms with Crippen LogP contribution in [0.4, 0.5) is 5.13 Å². The van der Waals surface area contributed by atoms with Gasteiger partial charge in [0.1, 0.15) is 5.82 Å². The summed E-state index contributed by atoms with van der Waals surface area (Å²) in [6.07, 6.45) is 6.47. The fourth-order valence-corrected chi connectivity index (χ4v) is 3.10. The van der Waals surface area contributed by atoms with Crippen LogP contribution in [0.5, 0.6) is 0 Å². The van der Waals surface area contributed by atoms with Gasteiger partial charge >= 0.3 is 0 Å². The summed E-state index contributed by atoms with van der Waals surface area (Å²) in [6.45, 7) is 5.53. The summed E-state index contributed by atoms with van der Waals surface area (Å²) in [6, 6.07) is 0. The Morgan fingerprint density at radius 1 is 1.44 bits per heavy atom. The third-order valence-electron chi connectivity index (χ3n) is 3.37. The van der Waals surface area contributed by atoms with E-state index in [1.807, 2.05) is 0 Å². The van der Waals surface area contributed by atoms with Crippen LogP contribution in [-0.4, -0.2) is 15.9 Å². The van der Waals surface area contributed by atoms with E-state index in [2.05, 4.69) is 28.5 Å². The molecule has 0 bridgehead atoms. The summed E-state index contributed by atoms with van der Waals surface area (Å²) in [5.74, 6) is 2.70. The van der Waals surface area contributed by atoms with Gasteiger partial charge in [-0.3, -0.25) is 0 Å². The molecule has 1 fully saturated rings. The topological polar surface area (TPSA) is 37.8 Å². The van der Waals surface area contributed by atoms with E-state index in [1.54, 1.807) is 0 Å². The molecule has 0 saturated heterocycles. The second-order valence-corrected chi connectivity index (χ2v) is 5.64. The number of aromatic nitrogens is 2. The van der Waals surface area contributed by atoms with E-state index in [0.717, 1.165) is 35.8 Å². The summed E-state index contributed by atoms with van der Waals surface area (Å²) >= 11 is 1.49. The zero-order valence-electron chi connectivity index (χ0n) is 10.2. The minimum Gasteiger partial charge on any atom is -0.360 e. The highest BCUT2D eigenvalue weighted by Gasteiger charge is 2.18. The first-order valence-corrected chi connectivity index (χ1v) is 7.11. The molecule has 1 saturated carbocycles. The Labute approximate surface area is 102 Å². The second kappa shape index (κ2) is 5.62. The normalized spacial score (nSPS) is 25.6. The van der Waals surface area contributed by atoms with Gasteiger partial charge in [-0.05, 0) is 24.7 Å². The second-order valence-electron chi connectivity index (χ2n) is 4.89. The summed E-state index contributed by atoms with van der Waals surface area (Å²) in [5, 5.41) is 4.43. The fraction of sp³-hybridized carbons (Fsp3) is 0.833. The lowest BCUT2D eigenvalue weighted by molar-refractivity contribution is 0.293. The van der Waals surface area contributed by atoms with Crippen molar-refractivity contribution < 1.29 is 0 Å². The molecule has 2 rings (SSSR count). The maximum absolute atomic E-state index is 4.43. The van der Waals surface area contributed by atoms with Gasteiger partial charge < -0.3 is 5.32 Å². The van der Waals surface area contributed by atoms with Crippen LogP contribution in [0, 0.1) is 11.8 Å². The van der Waals surface area contributed by atoms with E-state index in [1.165, 1.54) is 37.2 Å². The van der Waals surface area contributed by atoms with Gasteiger partial charge in [0.25, 0.3) is 0 Å². The molecule has 1 aromatic rings. The Balaban J connectivity index is 1.78. The van der Waals surface area contributed by atoms with Crippen LogP contribution in [-0.2, 0) is 6.42 Å². The third kappa shape index (κ3) is 3.17. The molecule has 0 radical (unpaired) electrons. The molecule has 0 amide bonds. The third-order valence-corrected chi connectivity index (χ3v) is 4.08. The maximum Gasteiger partial charge on any atom is 0.202 e. The standard InChI is InChI=1S/C12H21N3S/c1-3-11-14-12(16-15-11)13-8-10-6-4-5-9(2)7-10/h9-10H,3-8H2,1-2H3,(H,13,14,15). The van der Waals surface area contributed by atoms with Crippen molar-refractivity contribution in [3.05, 3.63) is 5.82 Å². The van der Waals surface area contributed by atoms with E-state index in [4.69, 9.17) is 0 Å². The van der Waals surface area contributed by atoms with Crippen molar-refractivity contribution in [3.8, 4) is 0 Å². The number of nitrogens with one attached hydrogen (secondary N) is 1. The lowest BCUT2D eigenvalue weighted by Crippen LogP contribution is -2.20. The van der Waals surface area contributed by atoms with Crippen molar-refractivity contribution in [1.29, 1.82) is 0 Å². The molecule has 2 unspecified atom stereocenters. The van der Waals surface area contributed by atoms with Gasteiger partial charge in [-0.2, -0.15) is 4.37 Å². The molecule has 0 aliphatic heterocycles. The van der Waals surface area contributed by atoms with Crippen LogP contribution in [0.15, 0.2) is 0 Å². The first kappa shape index (κ1) is 11.8. The minimum absolute atomic E-state index is 0.831. The summed E-state index contributed by atoms with van der Waals surface area (Å²) in [7, 11) is 0. The molecule has 2 atom stereocenters. The number of aryl methyl sites for hydroxylation is 1. The SMILES string of the molecule is CCc1nsc(NCC2CCCC(C)C2)n1. The van der Waals surface area contributed by atoms with E-state index < -0.39 is 0 Å². The molecule has 16 heavy (non-hydrogen) atoms. The Bertz CT molecular complexity index is 324. The zero-order valence-corrected chi connectivity index (χ0v) is 11.0. The fourth-order valence-electron chi connectivity index (χ4n) is 2.45. The molecular formula is C12H21N3S. The van der Waals surface area contributed by atoms with Crippen LogP contribution >= 0.6 is 11.5 Å². The Hall–Kier alpha value is -0.640. The smallest absolute Gasteiger partial charge is 0.202 e. The molecule has 1 N–H and O–H groups in total. The highest BCUT2D eigenvalue weighted by Crippen LogP contribution is 2.28. The van der Waals surface area contributed by atoms with Crippen molar-refractivity contribution in [2.24, 2.45) is 11.8 Å². The summed E-state index contributed by atoms with van der Waals surface area (Å²) in [5.41, 5.74) is 0. The van der Waals surface area contributed by atoms with Crippen molar-refractivity contribution >= 4 is 16.7 Å². The number of anilines is 1. The molecule has 1 heterocycles. The van der Waals surface area contributed by atoms with Gasteiger partial charge in [0.15, 0.2) is 0 Å². The average Bonchev–Trinajstić information content (AvgIpc) is 2.74. The molecular weight excluding hydrogens is 218 g/mol. The average molecular weight is 239 g/mol. The molecule has 4 heteroatoms. The molecule has 1 aromatic heterocycles. The van der Waals surface area contributed by atoms with Gasteiger partial charge in [-0.25, -0.2) is 4.98 Å². The number of nitrogens with zero attached hydrogens (tertiary/aromatic N) is 2. The zero-order chi connectivity index (χ0) is 11.4. The first-order valence-electron chi connectivity index (χ1n) is 6.34. The Kier molecular flexibility index (Phi) is 4.16. The molecule has 90 valence electrons. The van der Waals surface area contributed by atoms with Crippen LogP contribution < -0.4 is 5.32 Å². The number of hydrogen-bond donors (Lipinski definition) is 1. The van der Waals surface area contributed by atoms with Gasteiger partial charge in [-0.15, -0.1) is 0 Å². The monoisotopic (exact) mass is 239 g/mol. The minimum atomic E-state index is 0.831. The van der Waals surface area contributed by atoms with Gasteiger partial charge in [0.05, 0.1) is 0 Å². The lowest BCUT2D eigenvalue weighted by Gasteiger charge is -2.26. The van der Waals surface area contributed by atoms with Gasteiger partial charge in [0.2, 0.25) is 5.13 Å². The lowest BCUT2D eigenvalue weighted by atomic mass is 9.82.